The van der Waals surface area contributed by atoms with Crippen LogP contribution in [0.15, 0.2) is 36.4 Å². The second-order valence-electron chi connectivity index (χ2n) is 3.73. The summed E-state index contributed by atoms with van der Waals surface area (Å²) in [6, 6.07) is 5.38. The molecule has 0 aliphatic rings. The summed E-state index contributed by atoms with van der Waals surface area (Å²) in [6.45, 7) is 0. The minimum atomic E-state index is -1.16. The highest BCUT2D eigenvalue weighted by molar-refractivity contribution is 6.22. The molecule has 0 aliphatic carbocycles. The first-order valence-electron chi connectivity index (χ1n) is 5.02. The van der Waals surface area contributed by atoms with Gasteiger partial charge < -0.3 is 0 Å². The van der Waals surface area contributed by atoms with Gasteiger partial charge in [-0.05, 0) is 35.9 Å². The van der Waals surface area contributed by atoms with Gasteiger partial charge in [0.1, 0.15) is 23.3 Å². The minimum absolute atomic E-state index is 0.0265. The van der Waals surface area contributed by atoms with Crippen LogP contribution in [-0.4, -0.2) is 0 Å². The monoisotopic (exact) mass is 274 g/mol. The Morgan fingerprint density at radius 1 is 0.778 bits per heavy atom. The zero-order chi connectivity index (χ0) is 13.3. The number of halogens is 5. The first kappa shape index (κ1) is 12.9. The van der Waals surface area contributed by atoms with Gasteiger partial charge in [-0.2, -0.15) is 0 Å². The number of hydrogen-bond donors (Lipinski definition) is 0. The van der Waals surface area contributed by atoms with E-state index in [1.165, 1.54) is 0 Å². The van der Waals surface area contributed by atoms with E-state index in [1.54, 1.807) is 0 Å². The van der Waals surface area contributed by atoms with Crippen molar-refractivity contribution < 1.29 is 17.6 Å². The van der Waals surface area contributed by atoms with E-state index in [0.717, 1.165) is 30.3 Å². The van der Waals surface area contributed by atoms with Crippen LogP contribution in [0.25, 0.3) is 0 Å². The summed E-state index contributed by atoms with van der Waals surface area (Å²) in [4.78, 5) is 0. The van der Waals surface area contributed by atoms with Gasteiger partial charge in [0, 0.05) is 11.6 Å². The van der Waals surface area contributed by atoms with Gasteiger partial charge in [-0.3, -0.25) is 0 Å². The van der Waals surface area contributed by atoms with Gasteiger partial charge in [-0.15, -0.1) is 11.6 Å². The molecule has 0 amide bonds. The fourth-order valence-electron chi connectivity index (χ4n) is 1.61. The Labute approximate surface area is 106 Å². The Morgan fingerprint density at radius 3 is 2.00 bits per heavy atom. The van der Waals surface area contributed by atoms with Crippen LogP contribution >= 0.6 is 11.6 Å². The average Bonchev–Trinajstić information content (AvgIpc) is 2.30. The highest BCUT2D eigenvalue weighted by atomic mass is 35.5. The summed E-state index contributed by atoms with van der Waals surface area (Å²) in [6.07, 6.45) is 0. The normalized spacial score (nSPS) is 12.5. The largest absolute Gasteiger partial charge is 0.207 e. The third kappa shape index (κ3) is 2.64. The first-order chi connectivity index (χ1) is 8.47. The third-order valence-electron chi connectivity index (χ3n) is 2.41. The van der Waals surface area contributed by atoms with E-state index < -0.39 is 28.6 Å². The van der Waals surface area contributed by atoms with Crippen LogP contribution in [0.1, 0.15) is 16.5 Å². The molecular formula is C13H7ClF4. The molecule has 18 heavy (non-hydrogen) atoms. The van der Waals surface area contributed by atoms with Gasteiger partial charge in [0.05, 0.1) is 5.38 Å². The quantitative estimate of drug-likeness (QED) is 0.556. The van der Waals surface area contributed by atoms with E-state index >= 15 is 0 Å². The summed E-state index contributed by atoms with van der Waals surface area (Å²) in [5.74, 6) is -3.06. The molecule has 0 nitrogen and oxygen atoms in total. The number of benzene rings is 2. The van der Waals surface area contributed by atoms with Crippen molar-refractivity contribution in [1.82, 2.24) is 0 Å². The zero-order valence-electron chi connectivity index (χ0n) is 8.93. The topological polar surface area (TPSA) is 0 Å². The second-order valence-corrected chi connectivity index (χ2v) is 4.17. The molecule has 1 unspecified atom stereocenters. The van der Waals surface area contributed by atoms with Gasteiger partial charge in [0.15, 0.2) is 0 Å². The maximum atomic E-state index is 13.5. The van der Waals surface area contributed by atoms with E-state index in [4.69, 9.17) is 11.6 Å². The van der Waals surface area contributed by atoms with Crippen LogP contribution in [0.2, 0.25) is 0 Å². The highest BCUT2D eigenvalue weighted by Crippen LogP contribution is 2.31. The van der Waals surface area contributed by atoms with E-state index in [-0.39, 0.29) is 11.1 Å². The molecule has 0 N–H and O–H groups in total. The highest BCUT2D eigenvalue weighted by Gasteiger charge is 2.17. The summed E-state index contributed by atoms with van der Waals surface area (Å²) in [7, 11) is 0. The molecule has 0 heterocycles. The van der Waals surface area contributed by atoms with Crippen LogP contribution in [0.5, 0.6) is 0 Å². The molecule has 2 rings (SSSR count). The van der Waals surface area contributed by atoms with Crippen molar-refractivity contribution >= 4 is 11.6 Å². The van der Waals surface area contributed by atoms with Crippen molar-refractivity contribution in [3.63, 3.8) is 0 Å². The van der Waals surface area contributed by atoms with Crippen LogP contribution < -0.4 is 0 Å². The predicted octanol–water partition coefficient (Wildman–Crippen LogP) is 4.57. The molecule has 94 valence electrons. The van der Waals surface area contributed by atoms with Crippen molar-refractivity contribution in [1.29, 1.82) is 0 Å². The second kappa shape index (κ2) is 4.98. The van der Waals surface area contributed by atoms with Crippen LogP contribution in [0.3, 0.4) is 0 Å². The Morgan fingerprint density at radius 2 is 1.39 bits per heavy atom. The molecule has 2 aromatic rings. The number of hydrogen-bond acceptors (Lipinski definition) is 0. The SMILES string of the molecule is Fc1cc(F)cc(C(Cl)c2cc(F)ccc2F)c1. The van der Waals surface area contributed by atoms with Crippen molar-refractivity contribution in [3.05, 3.63) is 70.8 Å². The Kier molecular flexibility index (Phi) is 3.57. The molecule has 0 aliphatic heterocycles. The molecule has 0 bridgehead atoms. The Balaban J connectivity index is 2.47. The molecule has 0 fully saturated rings. The first-order valence-corrected chi connectivity index (χ1v) is 5.46. The lowest BCUT2D eigenvalue weighted by atomic mass is 10.0. The smallest absolute Gasteiger partial charge is 0.128 e. The van der Waals surface area contributed by atoms with Crippen molar-refractivity contribution in [3.8, 4) is 0 Å². The molecular weight excluding hydrogens is 268 g/mol. The standard InChI is InChI=1S/C13H7ClF4/c14-13(7-3-9(16)5-10(17)4-7)11-6-8(15)1-2-12(11)18/h1-6,13H. The molecule has 0 aromatic heterocycles. The van der Waals surface area contributed by atoms with Crippen molar-refractivity contribution in [2.75, 3.05) is 0 Å². The fourth-order valence-corrected chi connectivity index (χ4v) is 1.90. The summed E-state index contributed by atoms with van der Waals surface area (Å²) >= 11 is 5.91. The lowest BCUT2D eigenvalue weighted by Crippen LogP contribution is -1.99. The van der Waals surface area contributed by atoms with E-state index in [9.17, 15) is 17.6 Å². The van der Waals surface area contributed by atoms with Gasteiger partial charge in [0.25, 0.3) is 0 Å². The zero-order valence-corrected chi connectivity index (χ0v) is 9.69. The molecule has 0 spiro atoms. The van der Waals surface area contributed by atoms with Crippen molar-refractivity contribution in [2.45, 2.75) is 5.38 Å². The molecule has 5 heteroatoms. The van der Waals surface area contributed by atoms with Crippen LogP contribution in [-0.2, 0) is 0 Å². The predicted molar refractivity (Wildman–Crippen MR) is 60.4 cm³/mol. The van der Waals surface area contributed by atoms with Gasteiger partial charge in [-0.1, -0.05) is 0 Å². The summed E-state index contributed by atoms with van der Waals surface area (Å²) in [5, 5.41) is -1.16. The van der Waals surface area contributed by atoms with Gasteiger partial charge in [-0.25, -0.2) is 17.6 Å². The number of alkyl halides is 1. The van der Waals surface area contributed by atoms with E-state index in [1.807, 2.05) is 0 Å². The maximum Gasteiger partial charge on any atom is 0.128 e. The average molecular weight is 275 g/mol. The van der Waals surface area contributed by atoms with E-state index in [0.29, 0.717) is 6.07 Å². The Bertz CT molecular complexity index is 563. The van der Waals surface area contributed by atoms with Crippen molar-refractivity contribution in [2.24, 2.45) is 0 Å². The summed E-state index contributed by atoms with van der Waals surface area (Å²) < 4.78 is 52.5. The molecule has 1 atom stereocenters. The van der Waals surface area contributed by atoms with Crippen LogP contribution in [0.4, 0.5) is 17.6 Å². The fraction of sp³-hybridized carbons (Fsp3) is 0.0769. The Hall–Kier alpha value is -1.55. The molecule has 0 saturated heterocycles. The molecule has 0 saturated carbocycles. The lowest BCUT2D eigenvalue weighted by Gasteiger charge is -2.11. The van der Waals surface area contributed by atoms with Gasteiger partial charge in [0.2, 0.25) is 0 Å². The van der Waals surface area contributed by atoms with Gasteiger partial charge >= 0.3 is 0 Å². The number of rotatable bonds is 2. The summed E-state index contributed by atoms with van der Waals surface area (Å²) in [5.41, 5.74) is -0.139. The third-order valence-corrected chi connectivity index (χ3v) is 2.90. The van der Waals surface area contributed by atoms with Crippen LogP contribution in [0, 0.1) is 23.3 Å². The lowest BCUT2D eigenvalue weighted by molar-refractivity contribution is 0.575. The minimum Gasteiger partial charge on any atom is -0.207 e. The molecule has 0 radical (unpaired) electrons. The van der Waals surface area contributed by atoms with E-state index in [2.05, 4.69) is 0 Å². The molecule has 2 aromatic carbocycles. The maximum absolute atomic E-state index is 13.5.